The molecule has 0 spiro atoms. The number of hydrogen-bond acceptors (Lipinski definition) is 7. The highest BCUT2D eigenvalue weighted by Gasteiger charge is 2.23. The topological polar surface area (TPSA) is 132 Å². The van der Waals surface area contributed by atoms with Crippen molar-refractivity contribution in [3.8, 4) is 17.1 Å². The Morgan fingerprint density at radius 1 is 1.10 bits per heavy atom. The van der Waals surface area contributed by atoms with Gasteiger partial charge in [-0.3, -0.25) is 5.10 Å². The Hall–Kier alpha value is -4.16. The van der Waals surface area contributed by atoms with Gasteiger partial charge < -0.3 is 20.4 Å². The number of nitrogens with two attached hydrogens (primary N) is 1. The standard InChI is InChI=1S/C22H16ClF3N6O2.C6H12O/c23-13-5-4-11(15(24)8-13)10-34-20-3-1-2-18(28-20)14-9-16(25)12(6-17(14)26)7-19-29-22(31-30-19)21(27)32-33;1-6(2)3-4-7-5-6/h1-6,8-9,33H,7,10H2,(H2,27,32)(H,29,30,31);3-5H2,1-2H3. The fourth-order valence-corrected chi connectivity index (χ4v) is 4.00. The summed E-state index contributed by atoms with van der Waals surface area (Å²) >= 11 is 5.74. The van der Waals surface area contributed by atoms with Gasteiger partial charge in [0.05, 0.1) is 12.3 Å². The second-order valence-corrected chi connectivity index (χ2v) is 10.5. The molecule has 0 atom stereocenters. The number of nitrogens with one attached hydrogen (secondary N) is 1. The molecule has 4 aromatic rings. The molecule has 0 radical (unpaired) electrons. The van der Waals surface area contributed by atoms with E-state index in [9.17, 15) is 13.2 Å². The van der Waals surface area contributed by atoms with Gasteiger partial charge in [0.15, 0.2) is 0 Å². The van der Waals surface area contributed by atoms with Gasteiger partial charge in [-0.1, -0.05) is 42.7 Å². The van der Waals surface area contributed by atoms with E-state index in [2.05, 4.69) is 39.2 Å². The zero-order chi connectivity index (χ0) is 29.6. The molecular weight excluding hydrogens is 561 g/mol. The van der Waals surface area contributed by atoms with Crippen molar-refractivity contribution >= 4 is 17.4 Å². The molecule has 1 fully saturated rings. The lowest BCUT2D eigenvalue weighted by molar-refractivity contribution is 0.167. The SMILES string of the molecule is CC1(C)CCOC1.N/C(=N\O)c1n[nH]c(Cc2cc(F)c(-c3cccc(OCc4ccc(Cl)cc4F)n3)cc2F)n1. The van der Waals surface area contributed by atoms with E-state index in [-0.39, 0.29) is 63.8 Å². The summed E-state index contributed by atoms with van der Waals surface area (Å²) in [7, 11) is 0. The van der Waals surface area contributed by atoms with Crippen molar-refractivity contribution in [2.24, 2.45) is 16.3 Å². The maximum absolute atomic E-state index is 14.9. The molecule has 216 valence electrons. The summed E-state index contributed by atoms with van der Waals surface area (Å²) in [6, 6.07) is 10.8. The lowest BCUT2D eigenvalue weighted by Gasteiger charge is -2.11. The molecule has 41 heavy (non-hydrogen) atoms. The monoisotopic (exact) mass is 588 g/mol. The Morgan fingerprint density at radius 2 is 1.88 bits per heavy atom. The van der Waals surface area contributed by atoms with E-state index in [4.69, 9.17) is 32.0 Å². The number of halogens is 4. The van der Waals surface area contributed by atoms with Crippen LogP contribution in [-0.2, 0) is 17.8 Å². The van der Waals surface area contributed by atoms with Crippen LogP contribution in [-0.4, -0.2) is 44.4 Å². The fraction of sp³-hybridized carbons (Fsp3) is 0.286. The van der Waals surface area contributed by atoms with Crippen LogP contribution in [0.25, 0.3) is 11.3 Å². The van der Waals surface area contributed by atoms with Gasteiger partial charge in [0.25, 0.3) is 0 Å². The van der Waals surface area contributed by atoms with Crippen LogP contribution in [0.3, 0.4) is 0 Å². The molecule has 0 amide bonds. The van der Waals surface area contributed by atoms with Crippen LogP contribution in [0, 0.1) is 22.9 Å². The summed E-state index contributed by atoms with van der Waals surface area (Å²) in [6.07, 6.45) is 1.12. The van der Waals surface area contributed by atoms with Crippen molar-refractivity contribution in [2.75, 3.05) is 13.2 Å². The molecule has 3 heterocycles. The van der Waals surface area contributed by atoms with Crippen molar-refractivity contribution in [1.82, 2.24) is 20.2 Å². The van der Waals surface area contributed by atoms with E-state index in [1.54, 1.807) is 6.07 Å². The second-order valence-electron chi connectivity index (χ2n) is 10.0. The van der Waals surface area contributed by atoms with Crippen molar-refractivity contribution in [1.29, 1.82) is 0 Å². The van der Waals surface area contributed by atoms with E-state index in [0.717, 1.165) is 25.3 Å². The lowest BCUT2D eigenvalue weighted by Crippen LogP contribution is -2.15. The number of hydrogen-bond donors (Lipinski definition) is 3. The van der Waals surface area contributed by atoms with Crippen LogP contribution in [0.15, 0.2) is 53.7 Å². The highest BCUT2D eigenvalue weighted by atomic mass is 35.5. The Bertz CT molecular complexity index is 1540. The number of oxime groups is 1. The first-order valence-corrected chi connectivity index (χ1v) is 12.9. The van der Waals surface area contributed by atoms with E-state index < -0.39 is 17.5 Å². The third-order valence-corrected chi connectivity index (χ3v) is 6.40. The molecule has 5 rings (SSSR count). The minimum Gasteiger partial charge on any atom is -0.473 e. The zero-order valence-corrected chi connectivity index (χ0v) is 23.1. The maximum atomic E-state index is 14.9. The molecule has 1 saturated heterocycles. The molecule has 4 N–H and O–H groups in total. The highest BCUT2D eigenvalue weighted by molar-refractivity contribution is 6.30. The number of pyridine rings is 1. The summed E-state index contributed by atoms with van der Waals surface area (Å²) in [4.78, 5) is 8.16. The lowest BCUT2D eigenvalue weighted by atomic mass is 9.94. The van der Waals surface area contributed by atoms with Crippen LogP contribution in [0.1, 0.15) is 43.0 Å². The number of aromatic amines is 1. The Kier molecular flexibility index (Phi) is 9.46. The molecule has 9 nitrogen and oxygen atoms in total. The van der Waals surface area contributed by atoms with Crippen molar-refractivity contribution < 1.29 is 27.9 Å². The van der Waals surface area contributed by atoms with E-state index in [1.165, 1.54) is 36.8 Å². The van der Waals surface area contributed by atoms with Crippen molar-refractivity contribution in [3.05, 3.63) is 93.8 Å². The second kappa shape index (κ2) is 13.0. The Labute approximate surface area is 239 Å². The van der Waals surface area contributed by atoms with Crippen molar-refractivity contribution in [2.45, 2.75) is 33.3 Å². The van der Waals surface area contributed by atoms with Crippen LogP contribution < -0.4 is 10.5 Å². The highest BCUT2D eigenvalue weighted by Crippen LogP contribution is 2.27. The summed E-state index contributed by atoms with van der Waals surface area (Å²) < 4.78 is 54.2. The summed E-state index contributed by atoms with van der Waals surface area (Å²) in [6.45, 7) is 6.26. The molecule has 0 aliphatic carbocycles. The van der Waals surface area contributed by atoms with Gasteiger partial charge in [-0.15, -0.1) is 5.10 Å². The number of amidine groups is 1. The van der Waals surface area contributed by atoms with Gasteiger partial charge in [0.2, 0.25) is 17.5 Å². The number of benzene rings is 2. The van der Waals surface area contributed by atoms with Gasteiger partial charge in [-0.05, 0) is 47.7 Å². The average Bonchev–Trinajstić information content (AvgIpc) is 3.58. The summed E-state index contributed by atoms with van der Waals surface area (Å²) in [5, 5.41) is 18.0. The molecule has 2 aromatic carbocycles. The van der Waals surface area contributed by atoms with Crippen molar-refractivity contribution in [3.63, 3.8) is 0 Å². The fourth-order valence-electron chi connectivity index (χ4n) is 3.84. The average molecular weight is 589 g/mol. The van der Waals surface area contributed by atoms with Crippen LogP contribution in [0.5, 0.6) is 5.88 Å². The molecule has 1 aliphatic rings. The molecular formula is C28H28ClF3N6O3. The first-order valence-electron chi connectivity index (χ1n) is 12.5. The molecule has 0 bridgehead atoms. The largest absolute Gasteiger partial charge is 0.473 e. The molecule has 0 unspecified atom stereocenters. The van der Waals surface area contributed by atoms with E-state index in [1.807, 2.05) is 0 Å². The number of aromatic nitrogens is 4. The van der Waals surface area contributed by atoms with E-state index >= 15 is 0 Å². The number of nitrogens with zero attached hydrogens (tertiary/aromatic N) is 4. The number of rotatable bonds is 7. The van der Waals surface area contributed by atoms with E-state index in [0.29, 0.717) is 5.41 Å². The smallest absolute Gasteiger partial charge is 0.219 e. The summed E-state index contributed by atoms with van der Waals surface area (Å²) in [5.74, 6) is -2.05. The predicted molar refractivity (Wildman–Crippen MR) is 146 cm³/mol. The molecule has 0 saturated carbocycles. The van der Waals surface area contributed by atoms with Crippen LogP contribution in [0.4, 0.5) is 13.2 Å². The van der Waals surface area contributed by atoms with Gasteiger partial charge >= 0.3 is 0 Å². The minimum atomic E-state index is -0.721. The third-order valence-electron chi connectivity index (χ3n) is 6.17. The maximum Gasteiger partial charge on any atom is 0.219 e. The van der Waals surface area contributed by atoms with Gasteiger partial charge in [0.1, 0.15) is 29.9 Å². The number of ether oxygens (including phenoxy) is 2. The first-order chi connectivity index (χ1) is 19.5. The third kappa shape index (κ3) is 7.95. The minimum absolute atomic E-state index is 0.00840. The quantitative estimate of drug-likeness (QED) is 0.110. The first kappa shape index (κ1) is 29.8. The van der Waals surface area contributed by atoms with Gasteiger partial charge in [0, 0.05) is 35.2 Å². The Morgan fingerprint density at radius 3 is 2.54 bits per heavy atom. The van der Waals surface area contributed by atoms with Gasteiger partial charge in [-0.2, -0.15) is 0 Å². The summed E-state index contributed by atoms with van der Waals surface area (Å²) in [5.41, 5.74) is 6.19. The Balaban J connectivity index is 0.000000483. The predicted octanol–water partition coefficient (Wildman–Crippen LogP) is 5.63. The normalized spacial score (nSPS) is 14.4. The molecule has 13 heteroatoms. The van der Waals surface area contributed by atoms with Crippen LogP contribution in [0.2, 0.25) is 5.02 Å². The molecule has 1 aliphatic heterocycles. The number of H-pyrrole nitrogens is 1. The van der Waals surface area contributed by atoms with Gasteiger partial charge in [-0.25, -0.2) is 23.1 Å². The molecule has 2 aromatic heterocycles. The zero-order valence-electron chi connectivity index (χ0n) is 22.3. The van der Waals surface area contributed by atoms with Crippen LogP contribution >= 0.6 is 11.6 Å².